The highest BCUT2D eigenvalue weighted by molar-refractivity contribution is 5.76. The van der Waals surface area contributed by atoms with Gasteiger partial charge >= 0.3 is 0 Å². The maximum absolute atomic E-state index is 13.5. The van der Waals surface area contributed by atoms with Crippen LogP contribution in [0.15, 0.2) is 157 Å². The molecule has 4 nitrogen and oxygen atoms in total. The number of ether oxygens (including phenoxy) is 2. The van der Waals surface area contributed by atoms with Gasteiger partial charge in [0, 0.05) is 66.2 Å². The molecule has 6 aliphatic rings. The second kappa shape index (κ2) is 46.9. The van der Waals surface area contributed by atoms with Gasteiger partial charge in [0.1, 0.15) is 0 Å². The van der Waals surface area contributed by atoms with E-state index < -0.39 is 5.92 Å². The zero-order valence-electron chi connectivity index (χ0n) is 80.1. The van der Waals surface area contributed by atoms with Crippen molar-refractivity contribution in [3.05, 3.63) is 202 Å². The smallest absolute Gasteiger partial charge is 0.248 e. The largest absolute Gasteiger partial charge is 0.379 e. The molecule has 6 aliphatic carbocycles. The van der Waals surface area contributed by atoms with Crippen LogP contribution in [-0.4, -0.2) is 41.3 Å². The topological polar surface area (TPSA) is 44.2 Å². The Labute approximate surface area is 687 Å². The standard InChI is InChI=1S/2C16H12.C13H26F2.C12H26O2.2C9H13N.6C5H12/c2*1-3-11-7-9-13-5-2-6-14-10-8-12(4-1)15(11)16(13)14;1-11(2,3)7-9-13(14,15)10-8-12(4,5)6;1-7-12(5,6)14-9-8-13-10-11(2,3)4;1-9(2,3)8-5-4-6-10-7-8;1-9(2,3)8-6-4-5-7-10-8;6*1-5(2,3)4/h2*1-11,15H;7-10H2,1-6H3;7-10H2,1-6H3;2*4-7H,1-3H3;6*1-4H3. The number of nitrogens with zero attached hydrogens (tertiary/aromatic N) is 2. The van der Waals surface area contributed by atoms with Gasteiger partial charge in [0.25, 0.3) is 0 Å². The third-order valence-electron chi connectivity index (χ3n) is 15.2. The second-order valence-electron chi connectivity index (χ2n) is 46.8. The minimum Gasteiger partial charge on any atom is -0.379 e. The van der Waals surface area contributed by atoms with Crippen molar-refractivity contribution < 1.29 is 18.3 Å². The highest BCUT2D eigenvalue weighted by Crippen LogP contribution is 2.48. The van der Waals surface area contributed by atoms with E-state index in [2.05, 4.69) is 393 Å². The Kier molecular flexibility index (Phi) is 45.4. The van der Waals surface area contributed by atoms with Crippen molar-refractivity contribution in [2.75, 3.05) is 19.8 Å². The summed E-state index contributed by atoms with van der Waals surface area (Å²) in [5, 5.41) is 0. The lowest BCUT2D eigenvalue weighted by Gasteiger charge is -2.34. The van der Waals surface area contributed by atoms with Crippen LogP contribution in [0, 0.1) is 60.6 Å². The first kappa shape index (κ1) is 107. The molecule has 0 bridgehead atoms. The van der Waals surface area contributed by atoms with E-state index >= 15 is 0 Å². The first-order valence-electron chi connectivity index (χ1n) is 41.9. The summed E-state index contributed by atoms with van der Waals surface area (Å²) in [4.78, 5) is 8.30. The van der Waals surface area contributed by atoms with Crippen molar-refractivity contribution in [3.8, 4) is 0 Å². The number of benzene rings is 2. The monoisotopic (exact) mass is 1530 g/mol. The molecule has 630 valence electrons. The summed E-state index contributed by atoms with van der Waals surface area (Å²) in [6.07, 6.45) is 39.5. The average molecular weight is 1530 g/mol. The number of alkyl halides is 2. The molecule has 0 fully saturated rings. The summed E-state index contributed by atoms with van der Waals surface area (Å²) in [5.74, 6) is -0.254. The third-order valence-corrected chi connectivity index (χ3v) is 15.2. The predicted octanol–water partition coefficient (Wildman–Crippen LogP) is 33.5. The SMILES string of the molecule is C1=CC2C=Cc3cccc4c3C2C(=C1)C=C4.C1=CC2C=Cc3cccc4c3C2C(=C1)C=C4.CC(C)(C)C.CC(C)(C)C.CC(C)(C)C.CC(C)(C)C.CC(C)(C)C.CC(C)(C)C.CC(C)(C)CCC(F)(F)CCC(C)(C)C.CC(C)(C)c1ccccn1.CC(C)(C)c1cccnc1.CCC(C)(C)OCCOCC(C)(C)C. The highest BCUT2D eigenvalue weighted by Gasteiger charge is 2.35. The molecular weight excluding hydrogens is 1360 g/mol. The van der Waals surface area contributed by atoms with E-state index in [1.807, 2.05) is 72.1 Å². The molecule has 111 heavy (non-hydrogen) atoms. The van der Waals surface area contributed by atoms with Gasteiger partial charge in [0.05, 0.1) is 25.4 Å². The fraction of sp³-hybridized carbons (Fsp3) is 0.638. The van der Waals surface area contributed by atoms with Gasteiger partial charge in [0.2, 0.25) is 5.92 Å². The summed E-state index contributed by atoms with van der Waals surface area (Å²) in [6.45, 7) is 92.6. The number of allylic oxidation sites excluding steroid dienone is 12. The summed E-state index contributed by atoms with van der Waals surface area (Å²) in [5.41, 5.74) is 17.6. The lowest BCUT2D eigenvalue weighted by atomic mass is 9.69. The lowest BCUT2D eigenvalue weighted by molar-refractivity contribution is -0.0550. The van der Waals surface area contributed by atoms with Gasteiger partial charge in [-0.25, -0.2) is 8.78 Å². The van der Waals surface area contributed by atoms with E-state index in [9.17, 15) is 8.78 Å². The van der Waals surface area contributed by atoms with Crippen molar-refractivity contribution in [1.82, 2.24) is 9.97 Å². The van der Waals surface area contributed by atoms with Crippen molar-refractivity contribution in [1.29, 1.82) is 0 Å². The number of rotatable bonds is 10. The summed E-state index contributed by atoms with van der Waals surface area (Å²) in [6, 6.07) is 23.3. The Bertz CT molecular complexity index is 3160. The molecule has 0 N–H and O–H groups in total. The molecule has 6 heteroatoms. The molecule has 4 atom stereocenters. The Morgan fingerprint density at radius 1 is 0.360 bits per heavy atom. The molecular formula is C105H174F2N2O2. The fourth-order valence-corrected chi connectivity index (χ4v) is 9.87. The Morgan fingerprint density at radius 2 is 0.721 bits per heavy atom. The van der Waals surface area contributed by atoms with Crippen LogP contribution in [0.25, 0.3) is 24.3 Å². The minimum absolute atomic E-state index is 0.00512. The second-order valence-corrected chi connectivity index (χ2v) is 46.8. The number of hydrogen-bond acceptors (Lipinski definition) is 4. The van der Waals surface area contributed by atoms with Gasteiger partial charge in [-0.2, -0.15) is 0 Å². The highest BCUT2D eigenvalue weighted by atomic mass is 19.3. The van der Waals surface area contributed by atoms with Gasteiger partial charge in [0.15, 0.2) is 0 Å². The van der Waals surface area contributed by atoms with Gasteiger partial charge < -0.3 is 9.47 Å². The predicted molar refractivity (Wildman–Crippen MR) is 495 cm³/mol. The first-order chi connectivity index (χ1) is 49.8. The maximum atomic E-state index is 13.5. The van der Waals surface area contributed by atoms with Crippen molar-refractivity contribution in [3.63, 3.8) is 0 Å². The van der Waals surface area contributed by atoms with Crippen LogP contribution in [0.2, 0.25) is 0 Å². The van der Waals surface area contributed by atoms with Crippen molar-refractivity contribution in [2.45, 2.75) is 357 Å². The van der Waals surface area contributed by atoms with E-state index in [-0.39, 0.29) is 45.5 Å². The van der Waals surface area contributed by atoms with Crippen LogP contribution >= 0.6 is 0 Å². The van der Waals surface area contributed by atoms with Crippen LogP contribution in [0.3, 0.4) is 0 Å². The minimum atomic E-state index is -2.49. The summed E-state index contributed by atoms with van der Waals surface area (Å²) >= 11 is 0. The molecule has 0 radical (unpaired) electrons. The van der Waals surface area contributed by atoms with E-state index in [0.717, 1.165) is 18.7 Å². The molecule has 0 saturated carbocycles. The van der Waals surface area contributed by atoms with Crippen LogP contribution in [-0.2, 0) is 20.3 Å². The number of halogens is 2. The molecule has 4 aromatic rings. The van der Waals surface area contributed by atoms with Crippen LogP contribution in [0.4, 0.5) is 8.78 Å². The molecule has 4 unspecified atom stereocenters. The number of pyridine rings is 2. The van der Waals surface area contributed by atoms with Gasteiger partial charge in [-0.05, 0) is 156 Å². The van der Waals surface area contributed by atoms with Gasteiger partial charge in [-0.15, -0.1) is 0 Å². The summed E-state index contributed by atoms with van der Waals surface area (Å²) in [7, 11) is 0. The quantitative estimate of drug-likeness (QED) is 0.148. The molecule has 0 saturated heterocycles. The molecule has 2 aromatic heterocycles. The average Bonchev–Trinajstić information content (AvgIpc) is 0.757. The number of hydrogen-bond donors (Lipinski definition) is 0. The van der Waals surface area contributed by atoms with Crippen molar-refractivity contribution >= 4 is 24.3 Å². The normalized spacial score (nSPS) is 16.9. The first-order valence-corrected chi connectivity index (χ1v) is 41.9. The van der Waals surface area contributed by atoms with E-state index in [1.165, 1.54) is 50.1 Å². The maximum Gasteiger partial charge on any atom is 0.248 e. The van der Waals surface area contributed by atoms with E-state index in [4.69, 9.17) is 9.47 Å². The number of aromatic nitrogens is 2. The molecule has 0 spiro atoms. The van der Waals surface area contributed by atoms with Gasteiger partial charge in [-0.3, -0.25) is 9.97 Å². The molecule has 2 aromatic carbocycles. The van der Waals surface area contributed by atoms with E-state index in [1.54, 1.807) is 6.20 Å². The molecule has 0 amide bonds. The summed E-state index contributed by atoms with van der Waals surface area (Å²) < 4.78 is 38.2. The molecule has 2 heterocycles. The Balaban J connectivity index is 0. The van der Waals surface area contributed by atoms with Crippen LogP contribution < -0.4 is 0 Å². The lowest BCUT2D eigenvalue weighted by Crippen LogP contribution is -2.26. The van der Waals surface area contributed by atoms with E-state index in [0.29, 0.717) is 82.2 Å². The van der Waals surface area contributed by atoms with Crippen LogP contribution in [0.1, 0.15) is 379 Å². The molecule has 0 aliphatic heterocycles. The fourth-order valence-electron chi connectivity index (χ4n) is 9.87. The van der Waals surface area contributed by atoms with Crippen molar-refractivity contribution in [2.24, 2.45) is 60.6 Å². The third kappa shape index (κ3) is 61.6. The zero-order valence-corrected chi connectivity index (χ0v) is 80.1. The van der Waals surface area contributed by atoms with Crippen LogP contribution in [0.5, 0.6) is 0 Å². The Morgan fingerprint density at radius 3 is 0.991 bits per heavy atom. The zero-order chi connectivity index (χ0) is 86.9. The van der Waals surface area contributed by atoms with Gasteiger partial charge in [-0.1, -0.05) is 411 Å². The molecule has 10 rings (SSSR count). The Hall–Kier alpha value is -5.56.